The van der Waals surface area contributed by atoms with Crippen LogP contribution in [0.15, 0.2) is 16.8 Å². The number of methoxy groups -OCH3 is 1. The van der Waals surface area contributed by atoms with Crippen molar-refractivity contribution >= 4 is 17.2 Å². The van der Waals surface area contributed by atoms with Gasteiger partial charge in [-0.25, -0.2) is 0 Å². The molecule has 2 saturated heterocycles. The normalized spacial score (nSPS) is 29.4. The molecule has 110 valence electrons. The van der Waals surface area contributed by atoms with Gasteiger partial charge >= 0.3 is 0 Å². The first kappa shape index (κ1) is 14.0. The molecule has 0 saturated carbocycles. The van der Waals surface area contributed by atoms with E-state index in [0.717, 1.165) is 31.4 Å². The maximum atomic E-state index is 12.4. The van der Waals surface area contributed by atoms with Crippen LogP contribution in [0.4, 0.5) is 0 Å². The van der Waals surface area contributed by atoms with Gasteiger partial charge in [-0.15, -0.1) is 0 Å². The van der Waals surface area contributed by atoms with E-state index in [2.05, 4.69) is 5.38 Å². The lowest BCUT2D eigenvalue weighted by molar-refractivity contribution is -0.137. The number of rotatable bonds is 4. The summed E-state index contributed by atoms with van der Waals surface area (Å²) in [6.45, 7) is 1.49. The quantitative estimate of drug-likeness (QED) is 0.854. The third-order valence-electron chi connectivity index (χ3n) is 4.24. The lowest BCUT2D eigenvalue weighted by atomic mass is 9.99. The molecule has 2 fully saturated rings. The fraction of sp³-hybridized carbons (Fsp3) is 0.667. The van der Waals surface area contributed by atoms with Crippen LogP contribution < -0.4 is 0 Å². The van der Waals surface area contributed by atoms with E-state index in [0.29, 0.717) is 13.0 Å². The van der Waals surface area contributed by atoms with Gasteiger partial charge in [0, 0.05) is 13.7 Å². The number of nitrogens with zero attached hydrogens (tertiary/aromatic N) is 1. The summed E-state index contributed by atoms with van der Waals surface area (Å²) >= 11 is 1.64. The molecule has 4 nitrogen and oxygen atoms in total. The van der Waals surface area contributed by atoms with Crippen molar-refractivity contribution in [3.05, 3.63) is 22.4 Å². The molecular formula is C15H21NO3S. The molecule has 1 aromatic rings. The Hall–Kier alpha value is -0.910. The summed E-state index contributed by atoms with van der Waals surface area (Å²) in [5, 5.41) is 4.08. The zero-order valence-corrected chi connectivity index (χ0v) is 12.6. The van der Waals surface area contributed by atoms with Crippen molar-refractivity contribution in [2.75, 3.05) is 20.3 Å². The molecule has 0 aromatic carbocycles. The van der Waals surface area contributed by atoms with Crippen LogP contribution in [0.1, 0.15) is 24.8 Å². The van der Waals surface area contributed by atoms with Crippen LogP contribution in [-0.4, -0.2) is 49.3 Å². The van der Waals surface area contributed by atoms with Gasteiger partial charge in [0.25, 0.3) is 0 Å². The first-order valence-corrected chi connectivity index (χ1v) is 8.17. The van der Waals surface area contributed by atoms with Crippen molar-refractivity contribution in [3.63, 3.8) is 0 Å². The molecule has 2 aliphatic heterocycles. The second-order valence-electron chi connectivity index (χ2n) is 5.58. The third-order valence-corrected chi connectivity index (χ3v) is 4.98. The smallest absolute Gasteiger partial charge is 0.227 e. The topological polar surface area (TPSA) is 38.8 Å². The molecule has 3 rings (SSSR count). The molecule has 0 unspecified atom stereocenters. The largest absolute Gasteiger partial charge is 0.382 e. The standard InChI is InChI=1S/C15H21NO3S/c1-18-9-12-2-3-13-14(19-12)4-6-16(13)15(17)8-11-5-7-20-10-11/h5,7,10,12-14H,2-4,6,8-9H2,1H3/t12-,13+,14+/m0/s1. The van der Waals surface area contributed by atoms with E-state index in [4.69, 9.17) is 9.47 Å². The third kappa shape index (κ3) is 2.90. The van der Waals surface area contributed by atoms with Crippen LogP contribution in [0.5, 0.6) is 0 Å². The molecule has 0 spiro atoms. The molecule has 1 aromatic heterocycles. The van der Waals surface area contributed by atoms with Gasteiger partial charge in [-0.1, -0.05) is 0 Å². The van der Waals surface area contributed by atoms with Crippen molar-refractivity contribution in [2.45, 2.75) is 43.9 Å². The first-order valence-electron chi connectivity index (χ1n) is 7.23. The Labute approximate surface area is 123 Å². The number of ether oxygens (including phenoxy) is 2. The number of likely N-dealkylation sites (tertiary alicyclic amines) is 1. The monoisotopic (exact) mass is 295 g/mol. The summed E-state index contributed by atoms with van der Waals surface area (Å²) in [6.07, 6.45) is 3.91. The highest BCUT2D eigenvalue weighted by atomic mass is 32.1. The number of amides is 1. The van der Waals surface area contributed by atoms with Gasteiger partial charge in [0.2, 0.25) is 5.91 Å². The molecule has 0 bridgehead atoms. The van der Waals surface area contributed by atoms with Crippen LogP contribution in [0.25, 0.3) is 0 Å². The van der Waals surface area contributed by atoms with Crippen LogP contribution in [-0.2, 0) is 20.7 Å². The van der Waals surface area contributed by atoms with Gasteiger partial charge < -0.3 is 14.4 Å². The SMILES string of the molecule is COC[C@@H]1CC[C@@H]2[C@@H](CCN2C(=O)Cc2ccsc2)O1. The van der Waals surface area contributed by atoms with Crippen molar-refractivity contribution < 1.29 is 14.3 Å². The predicted molar refractivity (Wildman–Crippen MR) is 77.9 cm³/mol. The Balaban J connectivity index is 1.58. The number of hydrogen-bond acceptors (Lipinski definition) is 4. The fourth-order valence-electron chi connectivity index (χ4n) is 3.29. The van der Waals surface area contributed by atoms with Crippen molar-refractivity contribution in [3.8, 4) is 0 Å². The Morgan fingerprint density at radius 2 is 2.40 bits per heavy atom. The van der Waals surface area contributed by atoms with Crippen molar-refractivity contribution in [1.82, 2.24) is 4.90 Å². The Kier molecular flexibility index (Phi) is 4.38. The predicted octanol–water partition coefficient (Wildman–Crippen LogP) is 2.09. The summed E-state index contributed by atoms with van der Waals surface area (Å²) in [5.41, 5.74) is 1.12. The average Bonchev–Trinajstić information content (AvgIpc) is 3.07. The maximum Gasteiger partial charge on any atom is 0.227 e. The molecular weight excluding hydrogens is 274 g/mol. The number of thiophene rings is 1. The van der Waals surface area contributed by atoms with E-state index in [1.54, 1.807) is 18.4 Å². The molecule has 5 heteroatoms. The molecule has 0 aliphatic carbocycles. The minimum Gasteiger partial charge on any atom is -0.382 e. The van der Waals surface area contributed by atoms with Crippen LogP contribution in [0.2, 0.25) is 0 Å². The van der Waals surface area contributed by atoms with E-state index < -0.39 is 0 Å². The van der Waals surface area contributed by atoms with Crippen LogP contribution >= 0.6 is 11.3 Å². The van der Waals surface area contributed by atoms with Gasteiger partial charge in [-0.3, -0.25) is 4.79 Å². The van der Waals surface area contributed by atoms with Gasteiger partial charge in [-0.05, 0) is 41.7 Å². The highest BCUT2D eigenvalue weighted by molar-refractivity contribution is 7.07. The Bertz CT molecular complexity index is 448. The molecule has 3 heterocycles. The molecule has 2 aliphatic rings. The summed E-state index contributed by atoms with van der Waals surface area (Å²) in [6, 6.07) is 2.30. The zero-order chi connectivity index (χ0) is 13.9. The second kappa shape index (κ2) is 6.24. The molecule has 1 amide bonds. The fourth-order valence-corrected chi connectivity index (χ4v) is 3.95. The van der Waals surface area contributed by atoms with Crippen LogP contribution in [0, 0.1) is 0 Å². The van der Waals surface area contributed by atoms with E-state index in [1.165, 1.54) is 0 Å². The number of fused-ring (bicyclic) bond motifs is 1. The summed E-state index contributed by atoms with van der Waals surface area (Å²) in [4.78, 5) is 14.5. The Morgan fingerprint density at radius 1 is 1.50 bits per heavy atom. The molecule has 0 radical (unpaired) electrons. The molecule has 3 atom stereocenters. The number of carbonyl (C=O) groups excluding carboxylic acids is 1. The van der Waals surface area contributed by atoms with E-state index in [-0.39, 0.29) is 24.2 Å². The van der Waals surface area contributed by atoms with Gasteiger partial charge in [0.1, 0.15) is 0 Å². The van der Waals surface area contributed by atoms with Crippen LogP contribution in [0.3, 0.4) is 0 Å². The van der Waals surface area contributed by atoms with Gasteiger partial charge in [0.05, 0.1) is 31.3 Å². The lowest BCUT2D eigenvalue weighted by Gasteiger charge is -2.35. The van der Waals surface area contributed by atoms with Gasteiger partial charge in [-0.2, -0.15) is 11.3 Å². The minimum absolute atomic E-state index is 0.202. The van der Waals surface area contributed by atoms with E-state index >= 15 is 0 Å². The van der Waals surface area contributed by atoms with E-state index in [9.17, 15) is 4.79 Å². The Morgan fingerprint density at radius 3 is 3.15 bits per heavy atom. The maximum absolute atomic E-state index is 12.4. The minimum atomic E-state index is 0.202. The van der Waals surface area contributed by atoms with Crippen molar-refractivity contribution in [2.24, 2.45) is 0 Å². The summed E-state index contributed by atoms with van der Waals surface area (Å²) in [5.74, 6) is 0.240. The summed E-state index contributed by atoms with van der Waals surface area (Å²) < 4.78 is 11.2. The van der Waals surface area contributed by atoms with Crippen molar-refractivity contribution in [1.29, 1.82) is 0 Å². The molecule has 0 N–H and O–H groups in total. The highest BCUT2D eigenvalue weighted by Gasteiger charge is 2.41. The highest BCUT2D eigenvalue weighted by Crippen LogP contribution is 2.32. The lowest BCUT2D eigenvalue weighted by Crippen LogP contribution is -2.46. The molecule has 20 heavy (non-hydrogen) atoms. The van der Waals surface area contributed by atoms with E-state index in [1.807, 2.05) is 16.3 Å². The van der Waals surface area contributed by atoms with Gasteiger partial charge in [0.15, 0.2) is 0 Å². The zero-order valence-electron chi connectivity index (χ0n) is 11.8. The second-order valence-corrected chi connectivity index (χ2v) is 6.36. The average molecular weight is 295 g/mol. The number of hydrogen-bond donors (Lipinski definition) is 0. The first-order chi connectivity index (χ1) is 9.78. The number of carbonyl (C=O) groups is 1. The summed E-state index contributed by atoms with van der Waals surface area (Å²) in [7, 11) is 1.71.